The van der Waals surface area contributed by atoms with Crippen molar-refractivity contribution in [1.82, 2.24) is 0 Å². The summed E-state index contributed by atoms with van der Waals surface area (Å²) >= 11 is 0. The van der Waals surface area contributed by atoms with Gasteiger partial charge in [0.25, 0.3) is 0 Å². The zero-order valence-corrected chi connectivity index (χ0v) is 18.7. The largest absolute Gasteiger partial charge is 0.491 e. The van der Waals surface area contributed by atoms with E-state index in [0.29, 0.717) is 25.0 Å². The molecule has 4 atom stereocenters. The summed E-state index contributed by atoms with van der Waals surface area (Å²) in [5.74, 6) is 2.81. The lowest BCUT2D eigenvalue weighted by Crippen LogP contribution is -2.17. The Hall–Kier alpha value is -2.30. The quantitative estimate of drug-likeness (QED) is 0.415. The summed E-state index contributed by atoms with van der Waals surface area (Å²) in [4.78, 5) is 0. The highest BCUT2D eigenvalue weighted by molar-refractivity contribution is 5.40. The second-order valence-electron chi connectivity index (χ2n) is 9.82. The van der Waals surface area contributed by atoms with Gasteiger partial charge in [-0.25, -0.2) is 0 Å². The summed E-state index contributed by atoms with van der Waals surface area (Å²) in [5.41, 5.74) is 3.75. The predicted octanol–water partition coefficient (Wildman–Crippen LogP) is 5.55. The second kappa shape index (κ2) is 7.99. The van der Waals surface area contributed by atoms with Gasteiger partial charge in [0.15, 0.2) is 0 Å². The monoisotopic (exact) mass is 420 g/mol. The van der Waals surface area contributed by atoms with Crippen LogP contribution in [0.4, 0.5) is 0 Å². The van der Waals surface area contributed by atoms with E-state index in [1.807, 2.05) is 0 Å². The van der Waals surface area contributed by atoms with Gasteiger partial charge in [-0.1, -0.05) is 36.4 Å². The van der Waals surface area contributed by atoms with Gasteiger partial charge in [0.1, 0.15) is 35.9 Å². The Bertz CT molecular complexity index is 954. The molecule has 2 aromatic rings. The van der Waals surface area contributed by atoms with Crippen molar-refractivity contribution in [3.05, 3.63) is 71.3 Å². The van der Waals surface area contributed by atoms with Gasteiger partial charge in [0, 0.05) is 11.8 Å². The molecule has 4 unspecified atom stereocenters. The van der Waals surface area contributed by atoms with Crippen molar-refractivity contribution < 1.29 is 18.9 Å². The SMILES string of the molecule is Cc1cc(C2C=CC(c3ccc(OCC4(C)CO4)cc3)CC2)ccc1OCC1(C)CO1. The number of aryl methyl sites for hydroxylation is 1. The van der Waals surface area contributed by atoms with E-state index in [4.69, 9.17) is 18.9 Å². The minimum absolute atomic E-state index is 0.0771. The van der Waals surface area contributed by atoms with Crippen LogP contribution in [0.25, 0.3) is 0 Å². The van der Waals surface area contributed by atoms with Crippen LogP contribution in [-0.4, -0.2) is 37.6 Å². The van der Waals surface area contributed by atoms with Gasteiger partial charge in [-0.3, -0.25) is 0 Å². The highest BCUT2D eigenvalue weighted by Crippen LogP contribution is 2.37. The summed E-state index contributed by atoms with van der Waals surface area (Å²) in [6.45, 7) is 9.12. The molecular weight excluding hydrogens is 388 g/mol. The lowest BCUT2D eigenvalue weighted by molar-refractivity contribution is 0.201. The Balaban J connectivity index is 1.18. The number of epoxide rings is 2. The number of ether oxygens (including phenoxy) is 4. The molecule has 4 nitrogen and oxygen atoms in total. The van der Waals surface area contributed by atoms with Crippen LogP contribution in [0.1, 0.15) is 55.2 Å². The fraction of sp³-hybridized carbons (Fsp3) is 0.481. The van der Waals surface area contributed by atoms with Crippen LogP contribution in [0.3, 0.4) is 0 Å². The van der Waals surface area contributed by atoms with E-state index in [9.17, 15) is 0 Å². The highest BCUT2D eigenvalue weighted by Gasteiger charge is 2.41. The second-order valence-corrected chi connectivity index (χ2v) is 9.82. The third-order valence-corrected chi connectivity index (χ3v) is 6.65. The van der Waals surface area contributed by atoms with Crippen molar-refractivity contribution in [2.75, 3.05) is 26.4 Å². The maximum absolute atomic E-state index is 5.97. The van der Waals surface area contributed by atoms with E-state index in [0.717, 1.165) is 37.6 Å². The summed E-state index contributed by atoms with van der Waals surface area (Å²) in [7, 11) is 0. The Morgan fingerprint density at radius 1 is 0.806 bits per heavy atom. The van der Waals surface area contributed by atoms with E-state index >= 15 is 0 Å². The lowest BCUT2D eigenvalue weighted by Gasteiger charge is -2.24. The maximum Gasteiger partial charge on any atom is 0.123 e. The fourth-order valence-electron chi connectivity index (χ4n) is 4.13. The van der Waals surface area contributed by atoms with Gasteiger partial charge in [-0.05, 0) is 68.5 Å². The van der Waals surface area contributed by atoms with E-state index in [-0.39, 0.29) is 11.2 Å². The maximum atomic E-state index is 5.97. The third-order valence-electron chi connectivity index (χ3n) is 6.65. The molecule has 0 bridgehead atoms. The number of benzene rings is 2. The van der Waals surface area contributed by atoms with Gasteiger partial charge in [-0.15, -0.1) is 0 Å². The molecule has 1 aliphatic carbocycles. The van der Waals surface area contributed by atoms with Crippen LogP contribution in [-0.2, 0) is 9.47 Å². The molecule has 2 aromatic carbocycles. The Morgan fingerprint density at radius 2 is 1.35 bits per heavy atom. The molecule has 164 valence electrons. The minimum atomic E-state index is -0.0830. The predicted molar refractivity (Wildman–Crippen MR) is 121 cm³/mol. The van der Waals surface area contributed by atoms with Gasteiger partial charge >= 0.3 is 0 Å². The van der Waals surface area contributed by atoms with Gasteiger partial charge in [0.05, 0.1) is 13.2 Å². The first kappa shape index (κ1) is 20.6. The summed E-state index contributed by atoms with van der Waals surface area (Å²) in [5, 5.41) is 0. The van der Waals surface area contributed by atoms with Crippen LogP contribution in [0.2, 0.25) is 0 Å². The first-order valence-corrected chi connectivity index (χ1v) is 11.3. The third kappa shape index (κ3) is 4.97. The standard InChI is InChI=1S/C27H32O4/c1-19-14-23(10-13-25(19)29-16-27(3)18-31-27)22-6-4-20(5-7-22)21-8-11-24(12-9-21)28-15-26(2)17-30-26/h4,6,8-14,20,22H,5,7,15-18H2,1-3H3. The first-order valence-electron chi connectivity index (χ1n) is 11.3. The smallest absolute Gasteiger partial charge is 0.123 e. The van der Waals surface area contributed by atoms with Gasteiger partial charge in [-0.2, -0.15) is 0 Å². The molecule has 4 heteroatoms. The van der Waals surface area contributed by atoms with Crippen LogP contribution in [0.5, 0.6) is 11.5 Å². The molecule has 5 rings (SSSR count). The van der Waals surface area contributed by atoms with Gasteiger partial charge < -0.3 is 18.9 Å². The van der Waals surface area contributed by atoms with Crippen molar-refractivity contribution in [1.29, 1.82) is 0 Å². The van der Waals surface area contributed by atoms with Crippen LogP contribution in [0, 0.1) is 6.92 Å². The summed E-state index contributed by atoms with van der Waals surface area (Å²) < 4.78 is 22.6. The van der Waals surface area contributed by atoms with Crippen molar-refractivity contribution in [3.8, 4) is 11.5 Å². The first-order chi connectivity index (χ1) is 14.9. The Morgan fingerprint density at radius 3 is 1.90 bits per heavy atom. The molecule has 0 amide bonds. The van der Waals surface area contributed by atoms with Crippen molar-refractivity contribution in [2.45, 2.75) is 56.7 Å². The van der Waals surface area contributed by atoms with E-state index in [1.54, 1.807) is 0 Å². The van der Waals surface area contributed by atoms with Crippen molar-refractivity contribution >= 4 is 0 Å². The number of allylic oxidation sites excluding steroid dienone is 2. The van der Waals surface area contributed by atoms with Crippen molar-refractivity contribution in [3.63, 3.8) is 0 Å². The molecular formula is C27H32O4. The molecule has 0 spiro atoms. The normalized spacial score (nSPS) is 31.3. The van der Waals surface area contributed by atoms with Crippen LogP contribution >= 0.6 is 0 Å². The molecule has 2 heterocycles. The zero-order valence-electron chi connectivity index (χ0n) is 18.7. The van der Waals surface area contributed by atoms with E-state index in [1.165, 1.54) is 16.7 Å². The molecule has 0 radical (unpaired) electrons. The number of rotatable bonds is 8. The summed E-state index contributed by atoms with van der Waals surface area (Å²) in [6.07, 6.45) is 7.05. The van der Waals surface area contributed by atoms with E-state index in [2.05, 4.69) is 75.4 Å². The molecule has 0 saturated carbocycles. The average molecular weight is 421 g/mol. The molecule has 2 saturated heterocycles. The number of hydrogen-bond acceptors (Lipinski definition) is 4. The van der Waals surface area contributed by atoms with Crippen LogP contribution in [0.15, 0.2) is 54.6 Å². The van der Waals surface area contributed by atoms with E-state index < -0.39 is 0 Å². The molecule has 2 fully saturated rings. The van der Waals surface area contributed by atoms with Gasteiger partial charge in [0.2, 0.25) is 0 Å². The molecule has 0 aromatic heterocycles. The van der Waals surface area contributed by atoms with Crippen molar-refractivity contribution in [2.24, 2.45) is 0 Å². The number of hydrogen-bond donors (Lipinski definition) is 0. The zero-order chi connectivity index (χ0) is 21.5. The molecule has 2 aliphatic heterocycles. The van der Waals surface area contributed by atoms with Crippen LogP contribution < -0.4 is 9.47 Å². The lowest BCUT2D eigenvalue weighted by atomic mass is 9.81. The molecule has 0 N–H and O–H groups in total. The molecule has 31 heavy (non-hydrogen) atoms. The highest BCUT2D eigenvalue weighted by atomic mass is 16.6. The fourth-order valence-corrected chi connectivity index (χ4v) is 4.13. The summed E-state index contributed by atoms with van der Waals surface area (Å²) in [6, 6.07) is 15.2. The topological polar surface area (TPSA) is 43.5 Å². The average Bonchev–Trinajstić information content (AvgIpc) is 3.71. The Kier molecular flexibility index (Phi) is 5.31. The molecule has 3 aliphatic rings. The minimum Gasteiger partial charge on any atom is -0.491 e. The Labute approximate surface area is 185 Å².